The number of aliphatic hydroxyl groups excluding tert-OH is 2. The summed E-state index contributed by atoms with van der Waals surface area (Å²) in [7, 11) is 0. The monoisotopic (exact) mass is 607 g/mol. The highest BCUT2D eigenvalue weighted by Crippen LogP contribution is 2.43. The summed E-state index contributed by atoms with van der Waals surface area (Å²) in [6, 6.07) is 8.28. The Labute approximate surface area is 240 Å². The lowest BCUT2D eigenvalue weighted by atomic mass is 9.84. The van der Waals surface area contributed by atoms with Crippen LogP contribution in [0.2, 0.25) is 0 Å². The largest absolute Gasteiger partial charge is 0.490 e. The molecule has 2 aliphatic heterocycles. The van der Waals surface area contributed by atoms with E-state index < -0.39 is 42.6 Å². The van der Waals surface area contributed by atoms with E-state index in [0.717, 1.165) is 31.2 Å². The van der Waals surface area contributed by atoms with Crippen LogP contribution in [0.25, 0.3) is 0 Å². The Morgan fingerprint density at radius 3 is 2.14 bits per heavy atom. The van der Waals surface area contributed by atoms with Crippen LogP contribution in [-0.2, 0) is 9.59 Å². The minimum Gasteiger partial charge on any atom is -0.475 e. The van der Waals surface area contributed by atoms with E-state index >= 15 is 0 Å². The van der Waals surface area contributed by atoms with E-state index in [1.165, 1.54) is 0 Å². The number of carboxylic acid groups (broad SMARTS) is 1. The van der Waals surface area contributed by atoms with Crippen LogP contribution in [0, 0.1) is 5.92 Å². The summed E-state index contributed by atoms with van der Waals surface area (Å²) in [5.74, 6) is -6.02. The third-order valence-electron chi connectivity index (χ3n) is 8.48. The Hall–Kier alpha value is -2.84. The van der Waals surface area contributed by atoms with Crippen LogP contribution in [0.1, 0.15) is 73.2 Å². The Balaban J connectivity index is 0.000000616. The molecule has 2 amide bonds. The predicted octanol–water partition coefficient (Wildman–Crippen LogP) is 3.14. The number of piperidine rings is 1. The molecule has 3 aliphatic rings. The van der Waals surface area contributed by atoms with Crippen molar-refractivity contribution in [2.24, 2.45) is 11.7 Å². The number of alkyl halides is 5. The molecule has 0 aromatic heterocycles. The number of aliphatic hydroxyl groups is 2. The van der Waals surface area contributed by atoms with Gasteiger partial charge >= 0.3 is 12.1 Å². The molecule has 0 spiro atoms. The van der Waals surface area contributed by atoms with Gasteiger partial charge in [0, 0.05) is 50.1 Å². The Bertz CT molecular complexity index is 1080. The molecular weight excluding hydrogens is 569 g/mol. The van der Waals surface area contributed by atoms with Crippen LogP contribution in [0.4, 0.5) is 22.0 Å². The molecule has 3 atom stereocenters. The number of amides is 2. The number of aliphatic carboxylic acids is 1. The number of hydrogen-bond donors (Lipinski definition) is 4. The minimum absolute atomic E-state index is 0.0236. The lowest BCUT2D eigenvalue weighted by molar-refractivity contribution is -0.192. The number of primary amides is 1. The van der Waals surface area contributed by atoms with Gasteiger partial charge in [0.15, 0.2) is 6.10 Å². The second kappa shape index (κ2) is 14.1. The fourth-order valence-electron chi connectivity index (χ4n) is 6.27. The Kier molecular flexibility index (Phi) is 11.3. The molecule has 14 heteroatoms. The molecule has 5 N–H and O–H groups in total. The van der Waals surface area contributed by atoms with Gasteiger partial charge in [-0.2, -0.15) is 13.2 Å². The van der Waals surface area contributed by atoms with Crippen molar-refractivity contribution in [2.75, 3.05) is 26.2 Å². The van der Waals surface area contributed by atoms with Gasteiger partial charge in [-0.05, 0) is 68.1 Å². The van der Waals surface area contributed by atoms with Crippen molar-refractivity contribution in [3.8, 4) is 0 Å². The van der Waals surface area contributed by atoms with E-state index in [1.807, 2.05) is 12.1 Å². The number of benzene rings is 1. The minimum atomic E-state index is -5.08. The van der Waals surface area contributed by atoms with Crippen LogP contribution in [0.3, 0.4) is 0 Å². The second-order valence-corrected chi connectivity index (χ2v) is 11.4. The van der Waals surface area contributed by atoms with Crippen LogP contribution in [0.5, 0.6) is 0 Å². The van der Waals surface area contributed by atoms with Crippen molar-refractivity contribution in [1.29, 1.82) is 0 Å². The summed E-state index contributed by atoms with van der Waals surface area (Å²) >= 11 is 0. The molecule has 1 saturated carbocycles. The van der Waals surface area contributed by atoms with Gasteiger partial charge in [0.1, 0.15) is 0 Å². The number of nitrogens with two attached hydrogens (primary N) is 1. The van der Waals surface area contributed by atoms with Gasteiger partial charge in [0.05, 0.1) is 6.61 Å². The maximum atomic E-state index is 13.6. The molecule has 2 bridgehead atoms. The number of fused-ring (bicyclic) bond motifs is 2. The van der Waals surface area contributed by atoms with Crippen LogP contribution >= 0.6 is 0 Å². The van der Waals surface area contributed by atoms with Gasteiger partial charge in [-0.15, -0.1) is 0 Å². The van der Waals surface area contributed by atoms with E-state index in [0.29, 0.717) is 56.0 Å². The summed E-state index contributed by atoms with van der Waals surface area (Å²) in [5.41, 5.74) is 7.11. The molecule has 3 fully saturated rings. The number of hydrogen-bond acceptors (Lipinski definition) is 6. The van der Waals surface area contributed by atoms with Crippen molar-refractivity contribution in [3.05, 3.63) is 35.4 Å². The molecular formula is C28H38F5N3O6. The summed E-state index contributed by atoms with van der Waals surface area (Å²) in [6.07, 6.45) is -2.13. The molecule has 2 saturated heterocycles. The maximum Gasteiger partial charge on any atom is 0.490 e. The normalized spacial score (nSPS) is 24.8. The Morgan fingerprint density at radius 1 is 1.07 bits per heavy atom. The third-order valence-corrected chi connectivity index (χ3v) is 8.48. The Morgan fingerprint density at radius 2 is 1.64 bits per heavy atom. The molecule has 1 aromatic rings. The number of carbonyl (C=O) groups is 3. The zero-order valence-corrected chi connectivity index (χ0v) is 23.1. The van der Waals surface area contributed by atoms with Crippen molar-refractivity contribution in [1.82, 2.24) is 9.80 Å². The summed E-state index contributed by atoms with van der Waals surface area (Å²) in [5, 5.41) is 26.4. The number of rotatable bonds is 9. The number of carbonyl (C=O) groups excluding carboxylic acids is 2. The highest BCUT2D eigenvalue weighted by atomic mass is 19.4. The van der Waals surface area contributed by atoms with Gasteiger partial charge in [-0.3, -0.25) is 14.5 Å². The third kappa shape index (κ3) is 9.08. The summed E-state index contributed by atoms with van der Waals surface area (Å²) in [6.45, 7) is 0.727. The smallest absolute Gasteiger partial charge is 0.475 e. The van der Waals surface area contributed by atoms with Crippen molar-refractivity contribution in [3.63, 3.8) is 0 Å². The first-order valence-electron chi connectivity index (χ1n) is 14.0. The van der Waals surface area contributed by atoms with Gasteiger partial charge in [-0.1, -0.05) is 12.1 Å². The first-order chi connectivity index (χ1) is 19.6. The van der Waals surface area contributed by atoms with Gasteiger partial charge in [0.25, 0.3) is 5.91 Å². The number of halogens is 5. The molecule has 42 heavy (non-hydrogen) atoms. The number of nitrogens with zero attached hydrogens (tertiary/aromatic N) is 2. The quantitative estimate of drug-likeness (QED) is 0.316. The molecule has 236 valence electrons. The maximum absolute atomic E-state index is 13.6. The summed E-state index contributed by atoms with van der Waals surface area (Å²) in [4.78, 5) is 37.3. The number of carboxylic acids is 1. The molecule has 9 nitrogen and oxygen atoms in total. The zero-order valence-electron chi connectivity index (χ0n) is 23.1. The van der Waals surface area contributed by atoms with E-state index in [-0.39, 0.29) is 18.8 Å². The van der Waals surface area contributed by atoms with Crippen molar-refractivity contribution >= 4 is 17.8 Å². The van der Waals surface area contributed by atoms with Gasteiger partial charge in [0.2, 0.25) is 11.8 Å². The predicted molar refractivity (Wildman–Crippen MR) is 141 cm³/mol. The first-order valence-corrected chi connectivity index (χ1v) is 14.0. The van der Waals surface area contributed by atoms with E-state index in [4.69, 9.17) is 15.6 Å². The molecule has 4 rings (SSSR count). The van der Waals surface area contributed by atoms with Crippen LogP contribution < -0.4 is 5.73 Å². The van der Waals surface area contributed by atoms with Crippen LogP contribution in [-0.4, -0.2) is 99.4 Å². The van der Waals surface area contributed by atoms with E-state index in [1.54, 1.807) is 11.0 Å². The first kappa shape index (κ1) is 33.7. The van der Waals surface area contributed by atoms with E-state index in [2.05, 4.69) is 11.0 Å². The molecule has 1 aromatic carbocycles. The van der Waals surface area contributed by atoms with E-state index in [9.17, 15) is 41.8 Å². The molecule has 2 heterocycles. The lowest BCUT2D eigenvalue weighted by Crippen LogP contribution is -2.50. The summed E-state index contributed by atoms with van der Waals surface area (Å²) < 4.78 is 58.9. The second-order valence-electron chi connectivity index (χ2n) is 11.4. The fourth-order valence-corrected chi connectivity index (χ4v) is 6.27. The molecule has 2 unspecified atom stereocenters. The average molecular weight is 608 g/mol. The molecule has 1 aliphatic carbocycles. The van der Waals surface area contributed by atoms with Crippen LogP contribution in [0.15, 0.2) is 24.3 Å². The topological polar surface area (TPSA) is 144 Å². The van der Waals surface area contributed by atoms with Crippen molar-refractivity contribution < 1.29 is 51.7 Å². The standard InChI is InChI=1S/C26H37F2N3O4.C2HF3O2/c27-26(28)8-6-17(7-9-26)15-30(25(35)23(33)16-32)10-11-31-21-4-5-22(31)14-20(13-21)18-2-1-3-19(12-18)24(29)34;3-2(4,5)1(6)7/h1-3,12,17,20-23,32-33H,4-11,13-16H2,(H2,29,34);(H,6,7)/t20?,21?,22?,23-;/m1./s1. The lowest BCUT2D eigenvalue weighted by Gasteiger charge is -2.41. The highest BCUT2D eigenvalue weighted by molar-refractivity contribution is 5.92. The van der Waals surface area contributed by atoms with Gasteiger partial charge in [-0.25, -0.2) is 13.6 Å². The fraction of sp³-hybridized carbons (Fsp3) is 0.679. The molecule has 0 radical (unpaired) electrons. The van der Waals surface area contributed by atoms with Gasteiger partial charge < -0.3 is 26.0 Å². The average Bonchev–Trinajstić information content (AvgIpc) is 3.16. The highest BCUT2D eigenvalue weighted by Gasteiger charge is 2.42. The van der Waals surface area contributed by atoms with Crippen molar-refractivity contribution in [2.45, 2.75) is 87.6 Å². The zero-order chi connectivity index (χ0) is 31.2. The SMILES string of the molecule is NC(=O)c1cccc(C2CC3CCC(C2)N3CCN(CC2CCC(F)(F)CC2)C(=O)[C@H](O)CO)c1.O=C(O)C(F)(F)F.